The summed E-state index contributed by atoms with van der Waals surface area (Å²) in [5.41, 5.74) is -0.474. The van der Waals surface area contributed by atoms with Gasteiger partial charge in [-0.15, -0.1) is 0 Å². The van der Waals surface area contributed by atoms with Crippen molar-refractivity contribution >= 4 is 5.97 Å². The van der Waals surface area contributed by atoms with Crippen LogP contribution < -0.4 is 0 Å². The number of carboxylic acid groups (broad SMARTS) is 1. The normalized spacial score (nSPS) is 14.5. The molecule has 3 heteroatoms. The Labute approximate surface area is 89.4 Å². The lowest BCUT2D eigenvalue weighted by atomic mass is 9.77. The summed E-state index contributed by atoms with van der Waals surface area (Å²) < 4.78 is 0. The first-order valence-corrected chi connectivity index (χ1v) is 5.07. The van der Waals surface area contributed by atoms with Crippen LogP contribution in [0.2, 0.25) is 0 Å². The van der Waals surface area contributed by atoms with Crippen LogP contribution in [-0.4, -0.2) is 22.8 Å². The van der Waals surface area contributed by atoms with E-state index in [9.17, 15) is 15.0 Å². The van der Waals surface area contributed by atoms with Gasteiger partial charge in [-0.25, -0.2) is 0 Å². The van der Waals surface area contributed by atoms with E-state index >= 15 is 0 Å². The van der Waals surface area contributed by atoms with Crippen LogP contribution in [0.25, 0.3) is 0 Å². The lowest BCUT2D eigenvalue weighted by molar-refractivity contribution is -0.146. The molecule has 0 saturated heterocycles. The Balaban J connectivity index is 3.15. The Morgan fingerprint density at radius 3 is 2.33 bits per heavy atom. The molecular formula is C12H16O3. The summed E-state index contributed by atoms with van der Waals surface area (Å²) in [7, 11) is 0. The first-order chi connectivity index (χ1) is 7.17. The molecule has 0 radical (unpaired) electrons. The highest BCUT2D eigenvalue weighted by atomic mass is 16.4. The van der Waals surface area contributed by atoms with Gasteiger partial charge in [0.05, 0.1) is 6.61 Å². The average Bonchev–Trinajstić information content (AvgIpc) is 2.26. The third kappa shape index (κ3) is 2.18. The quantitative estimate of drug-likeness (QED) is 0.775. The van der Waals surface area contributed by atoms with Crippen LogP contribution in [0.4, 0.5) is 0 Å². The van der Waals surface area contributed by atoms with Gasteiger partial charge in [-0.2, -0.15) is 0 Å². The summed E-state index contributed by atoms with van der Waals surface area (Å²) in [5, 5.41) is 18.6. The molecule has 82 valence electrons. The van der Waals surface area contributed by atoms with Crippen molar-refractivity contribution in [2.75, 3.05) is 6.61 Å². The van der Waals surface area contributed by atoms with Gasteiger partial charge in [0.25, 0.3) is 0 Å². The number of rotatable bonds is 5. The minimum atomic E-state index is -1.14. The van der Waals surface area contributed by atoms with Crippen molar-refractivity contribution in [3.63, 3.8) is 0 Å². The number of carboxylic acids is 1. The van der Waals surface area contributed by atoms with Gasteiger partial charge >= 0.3 is 5.97 Å². The fourth-order valence-electron chi connectivity index (χ4n) is 1.80. The highest BCUT2D eigenvalue weighted by Gasteiger charge is 2.38. The van der Waals surface area contributed by atoms with Gasteiger partial charge in [0.2, 0.25) is 0 Å². The van der Waals surface area contributed by atoms with Gasteiger partial charge in [0.1, 0.15) is 5.41 Å². The molecule has 0 aliphatic rings. The molecule has 0 spiro atoms. The van der Waals surface area contributed by atoms with Gasteiger partial charge in [-0.05, 0) is 12.0 Å². The third-order valence-corrected chi connectivity index (χ3v) is 2.68. The van der Waals surface area contributed by atoms with E-state index in [1.54, 1.807) is 24.3 Å². The van der Waals surface area contributed by atoms with E-state index in [0.717, 1.165) is 6.42 Å². The second-order valence-corrected chi connectivity index (χ2v) is 3.66. The second-order valence-electron chi connectivity index (χ2n) is 3.66. The van der Waals surface area contributed by atoms with E-state index in [2.05, 4.69) is 0 Å². The molecule has 0 fully saturated rings. The number of aliphatic hydroxyl groups excluding tert-OH is 1. The predicted molar refractivity (Wildman–Crippen MR) is 57.7 cm³/mol. The molecule has 0 amide bonds. The molecule has 0 bridgehead atoms. The van der Waals surface area contributed by atoms with Crippen LogP contribution in [0.5, 0.6) is 0 Å². The van der Waals surface area contributed by atoms with Crippen molar-refractivity contribution in [2.45, 2.75) is 25.2 Å². The van der Waals surface area contributed by atoms with Crippen molar-refractivity contribution in [1.82, 2.24) is 0 Å². The van der Waals surface area contributed by atoms with E-state index in [-0.39, 0.29) is 6.61 Å². The molecule has 1 aromatic rings. The molecular weight excluding hydrogens is 192 g/mol. The smallest absolute Gasteiger partial charge is 0.316 e. The Bertz CT molecular complexity index is 321. The van der Waals surface area contributed by atoms with E-state index in [0.29, 0.717) is 12.0 Å². The van der Waals surface area contributed by atoms with Crippen molar-refractivity contribution in [2.24, 2.45) is 0 Å². The molecule has 2 N–H and O–H groups in total. The van der Waals surface area contributed by atoms with Crippen LogP contribution in [0, 0.1) is 0 Å². The Morgan fingerprint density at radius 2 is 1.93 bits per heavy atom. The van der Waals surface area contributed by atoms with Crippen LogP contribution in [0.3, 0.4) is 0 Å². The maximum atomic E-state index is 11.3. The largest absolute Gasteiger partial charge is 0.481 e. The van der Waals surface area contributed by atoms with Gasteiger partial charge in [0, 0.05) is 0 Å². The highest BCUT2D eigenvalue weighted by molar-refractivity contribution is 5.81. The molecule has 0 aliphatic carbocycles. The molecule has 1 rings (SSSR count). The van der Waals surface area contributed by atoms with Crippen molar-refractivity contribution < 1.29 is 15.0 Å². The number of aliphatic hydroxyl groups is 1. The van der Waals surface area contributed by atoms with E-state index in [1.165, 1.54) is 0 Å². The number of carbonyl (C=O) groups is 1. The average molecular weight is 208 g/mol. The highest BCUT2D eigenvalue weighted by Crippen LogP contribution is 2.29. The minimum Gasteiger partial charge on any atom is -0.481 e. The third-order valence-electron chi connectivity index (χ3n) is 2.68. The van der Waals surface area contributed by atoms with E-state index in [1.807, 2.05) is 13.0 Å². The minimum absolute atomic E-state index is 0.361. The van der Waals surface area contributed by atoms with Crippen molar-refractivity contribution in [1.29, 1.82) is 0 Å². The van der Waals surface area contributed by atoms with Crippen LogP contribution in [-0.2, 0) is 10.2 Å². The lowest BCUT2D eigenvalue weighted by Gasteiger charge is -2.27. The van der Waals surface area contributed by atoms with E-state index < -0.39 is 11.4 Å². The van der Waals surface area contributed by atoms with Crippen LogP contribution in [0.1, 0.15) is 25.3 Å². The molecule has 0 aliphatic heterocycles. The van der Waals surface area contributed by atoms with Gasteiger partial charge in [-0.3, -0.25) is 4.79 Å². The molecule has 1 unspecified atom stereocenters. The lowest BCUT2D eigenvalue weighted by Crippen LogP contribution is -2.39. The number of hydrogen-bond acceptors (Lipinski definition) is 2. The number of aliphatic carboxylic acids is 1. The molecule has 1 atom stereocenters. The predicted octanol–water partition coefficient (Wildman–Crippen LogP) is 1.80. The molecule has 3 nitrogen and oxygen atoms in total. The first-order valence-electron chi connectivity index (χ1n) is 5.07. The van der Waals surface area contributed by atoms with Crippen molar-refractivity contribution in [3.05, 3.63) is 35.9 Å². The summed E-state index contributed by atoms with van der Waals surface area (Å²) in [4.78, 5) is 11.3. The van der Waals surface area contributed by atoms with Crippen molar-refractivity contribution in [3.8, 4) is 0 Å². The van der Waals surface area contributed by atoms with Crippen LogP contribution in [0.15, 0.2) is 30.3 Å². The molecule has 0 saturated carbocycles. The molecule has 15 heavy (non-hydrogen) atoms. The molecule has 0 heterocycles. The van der Waals surface area contributed by atoms with Crippen LogP contribution >= 0.6 is 0 Å². The summed E-state index contributed by atoms with van der Waals surface area (Å²) in [6.07, 6.45) is 1.17. The molecule has 0 aromatic heterocycles. The summed E-state index contributed by atoms with van der Waals surface area (Å²) in [5.74, 6) is -0.960. The second kappa shape index (κ2) is 4.94. The zero-order valence-electron chi connectivity index (χ0n) is 8.81. The maximum absolute atomic E-state index is 11.3. The zero-order valence-corrected chi connectivity index (χ0v) is 8.81. The summed E-state index contributed by atoms with van der Waals surface area (Å²) >= 11 is 0. The maximum Gasteiger partial charge on any atom is 0.316 e. The monoisotopic (exact) mass is 208 g/mol. The first kappa shape index (κ1) is 11.7. The standard InChI is InChI=1S/C12H16O3/c1-2-8-12(9-13,11(14)15)10-6-4-3-5-7-10/h3-7,13H,2,8-9H2,1H3,(H,14,15). The topological polar surface area (TPSA) is 57.5 Å². The fourth-order valence-corrected chi connectivity index (χ4v) is 1.80. The van der Waals surface area contributed by atoms with Gasteiger partial charge in [0.15, 0.2) is 0 Å². The number of benzene rings is 1. The van der Waals surface area contributed by atoms with Gasteiger partial charge < -0.3 is 10.2 Å². The Kier molecular flexibility index (Phi) is 3.86. The van der Waals surface area contributed by atoms with Gasteiger partial charge in [-0.1, -0.05) is 43.7 Å². The molecule has 1 aromatic carbocycles. The zero-order chi connectivity index (χ0) is 11.3. The summed E-state index contributed by atoms with van der Waals surface area (Å²) in [6.45, 7) is 1.55. The summed E-state index contributed by atoms with van der Waals surface area (Å²) in [6, 6.07) is 8.91. The Morgan fingerprint density at radius 1 is 1.33 bits per heavy atom. The fraction of sp³-hybridized carbons (Fsp3) is 0.417. The SMILES string of the molecule is CCCC(CO)(C(=O)O)c1ccccc1. The number of hydrogen-bond donors (Lipinski definition) is 2. The van der Waals surface area contributed by atoms with E-state index in [4.69, 9.17) is 0 Å². The Hall–Kier alpha value is -1.35.